The molecular formula is C16H18FN3O2. The summed E-state index contributed by atoms with van der Waals surface area (Å²) in [4.78, 5) is 15.9. The number of hydrogen-bond acceptors (Lipinski definition) is 4. The van der Waals surface area contributed by atoms with Gasteiger partial charge in [-0.2, -0.15) is 0 Å². The maximum absolute atomic E-state index is 12.8. The van der Waals surface area contributed by atoms with Gasteiger partial charge in [-0.05, 0) is 36.8 Å². The Labute approximate surface area is 128 Å². The van der Waals surface area contributed by atoms with E-state index >= 15 is 0 Å². The number of nitrogens with zero attached hydrogens (tertiary/aromatic N) is 1. The zero-order valence-corrected chi connectivity index (χ0v) is 12.3. The first-order chi connectivity index (χ1) is 10.6. The molecule has 0 saturated heterocycles. The zero-order chi connectivity index (χ0) is 15.9. The van der Waals surface area contributed by atoms with Crippen LogP contribution in [-0.2, 0) is 4.79 Å². The monoisotopic (exact) mass is 303 g/mol. The van der Waals surface area contributed by atoms with Gasteiger partial charge in [-0.3, -0.25) is 4.79 Å². The molecule has 2 rings (SSSR count). The fourth-order valence-electron chi connectivity index (χ4n) is 1.82. The van der Waals surface area contributed by atoms with Crippen LogP contribution < -0.4 is 15.8 Å². The van der Waals surface area contributed by atoms with E-state index in [0.717, 1.165) is 6.42 Å². The van der Waals surface area contributed by atoms with Crippen LogP contribution in [0.15, 0.2) is 42.6 Å². The molecule has 5 nitrogen and oxygen atoms in total. The molecule has 116 valence electrons. The Morgan fingerprint density at radius 1 is 1.32 bits per heavy atom. The molecule has 0 aliphatic rings. The van der Waals surface area contributed by atoms with Gasteiger partial charge in [0.2, 0.25) is 11.8 Å². The molecule has 0 saturated carbocycles. The Morgan fingerprint density at radius 2 is 2.05 bits per heavy atom. The summed E-state index contributed by atoms with van der Waals surface area (Å²) in [5.74, 6) is 0.260. The lowest BCUT2D eigenvalue weighted by molar-refractivity contribution is -0.117. The van der Waals surface area contributed by atoms with Crippen LogP contribution in [0.4, 0.5) is 10.1 Å². The molecule has 0 aliphatic heterocycles. The third-order valence-electron chi connectivity index (χ3n) is 2.98. The number of carbonyl (C=O) groups is 1. The van der Waals surface area contributed by atoms with E-state index in [0.29, 0.717) is 23.7 Å². The number of aromatic nitrogens is 1. The summed E-state index contributed by atoms with van der Waals surface area (Å²) >= 11 is 0. The van der Waals surface area contributed by atoms with Gasteiger partial charge in [-0.25, -0.2) is 9.37 Å². The second-order valence-electron chi connectivity index (χ2n) is 4.83. The Balaban J connectivity index is 1.95. The number of carbonyl (C=O) groups excluding carboxylic acids is 1. The number of benzene rings is 1. The lowest BCUT2D eigenvalue weighted by atomic mass is 10.1. The minimum absolute atomic E-state index is 0.240. The fourth-order valence-corrected chi connectivity index (χ4v) is 1.82. The Morgan fingerprint density at radius 3 is 2.64 bits per heavy atom. The molecular weight excluding hydrogens is 285 g/mol. The van der Waals surface area contributed by atoms with Crippen molar-refractivity contribution >= 4 is 11.6 Å². The standard InChI is InChI=1S/C16H18FN3O2/c1-2-3-14(18)16(21)20-12-6-9-15(19-10-12)22-13-7-4-11(17)5-8-13/h4-10,14H,2-3,18H2,1H3,(H,20,21). The molecule has 1 aromatic heterocycles. The van der Waals surface area contributed by atoms with Crippen molar-refractivity contribution < 1.29 is 13.9 Å². The third kappa shape index (κ3) is 4.53. The Bertz CT molecular complexity index is 614. The number of nitrogens with two attached hydrogens (primary N) is 1. The summed E-state index contributed by atoms with van der Waals surface area (Å²) < 4.78 is 18.3. The molecule has 0 radical (unpaired) electrons. The van der Waals surface area contributed by atoms with Gasteiger partial charge in [0, 0.05) is 6.07 Å². The van der Waals surface area contributed by atoms with E-state index in [4.69, 9.17) is 10.5 Å². The molecule has 1 atom stereocenters. The average Bonchev–Trinajstić information content (AvgIpc) is 2.51. The lowest BCUT2D eigenvalue weighted by Crippen LogP contribution is -2.35. The van der Waals surface area contributed by atoms with Gasteiger partial charge in [0.1, 0.15) is 11.6 Å². The van der Waals surface area contributed by atoms with Gasteiger partial charge in [-0.1, -0.05) is 13.3 Å². The zero-order valence-electron chi connectivity index (χ0n) is 12.3. The predicted octanol–water partition coefficient (Wildman–Crippen LogP) is 3.08. The van der Waals surface area contributed by atoms with E-state index in [1.165, 1.54) is 30.5 Å². The molecule has 1 heterocycles. The number of amides is 1. The minimum Gasteiger partial charge on any atom is -0.439 e. The molecule has 0 aliphatic carbocycles. The summed E-state index contributed by atoms with van der Waals surface area (Å²) in [6, 6.07) is 8.39. The van der Waals surface area contributed by atoms with Gasteiger partial charge in [0.25, 0.3) is 0 Å². The number of rotatable bonds is 6. The second kappa shape index (κ2) is 7.51. The van der Waals surface area contributed by atoms with Gasteiger partial charge >= 0.3 is 0 Å². The number of anilines is 1. The summed E-state index contributed by atoms with van der Waals surface area (Å²) in [5, 5.41) is 2.69. The van der Waals surface area contributed by atoms with Crippen LogP contribution in [0, 0.1) is 5.82 Å². The van der Waals surface area contributed by atoms with Crippen molar-refractivity contribution in [3.63, 3.8) is 0 Å². The van der Waals surface area contributed by atoms with Crippen LogP contribution >= 0.6 is 0 Å². The quantitative estimate of drug-likeness (QED) is 0.859. The van der Waals surface area contributed by atoms with Crippen molar-refractivity contribution in [1.82, 2.24) is 4.98 Å². The first kappa shape index (κ1) is 15.9. The summed E-state index contributed by atoms with van der Waals surface area (Å²) in [6.07, 6.45) is 2.96. The minimum atomic E-state index is -0.528. The first-order valence-corrected chi connectivity index (χ1v) is 7.04. The topological polar surface area (TPSA) is 77.2 Å². The summed E-state index contributed by atoms with van der Waals surface area (Å²) in [6.45, 7) is 1.97. The van der Waals surface area contributed by atoms with E-state index in [-0.39, 0.29) is 11.7 Å². The van der Waals surface area contributed by atoms with E-state index in [1.54, 1.807) is 12.1 Å². The molecule has 6 heteroatoms. The lowest BCUT2D eigenvalue weighted by Gasteiger charge is -2.11. The maximum atomic E-state index is 12.8. The van der Waals surface area contributed by atoms with E-state index < -0.39 is 6.04 Å². The molecule has 0 fully saturated rings. The molecule has 2 aromatic rings. The first-order valence-electron chi connectivity index (χ1n) is 7.04. The number of hydrogen-bond donors (Lipinski definition) is 2. The van der Waals surface area contributed by atoms with Gasteiger partial charge in [0.15, 0.2) is 0 Å². The van der Waals surface area contributed by atoms with Gasteiger partial charge < -0.3 is 15.8 Å². The van der Waals surface area contributed by atoms with Crippen LogP contribution in [0.5, 0.6) is 11.6 Å². The van der Waals surface area contributed by atoms with Gasteiger partial charge in [0.05, 0.1) is 17.9 Å². The number of pyridine rings is 1. The number of nitrogens with one attached hydrogen (secondary N) is 1. The molecule has 0 bridgehead atoms. The maximum Gasteiger partial charge on any atom is 0.241 e. The molecule has 1 amide bonds. The van der Waals surface area contributed by atoms with Crippen LogP contribution in [0.1, 0.15) is 19.8 Å². The third-order valence-corrected chi connectivity index (χ3v) is 2.98. The molecule has 1 unspecified atom stereocenters. The van der Waals surface area contributed by atoms with E-state index in [9.17, 15) is 9.18 Å². The molecule has 22 heavy (non-hydrogen) atoms. The fraction of sp³-hybridized carbons (Fsp3) is 0.250. The normalized spacial score (nSPS) is 11.8. The highest BCUT2D eigenvalue weighted by molar-refractivity contribution is 5.94. The van der Waals surface area contributed by atoms with Crippen molar-refractivity contribution in [2.45, 2.75) is 25.8 Å². The highest BCUT2D eigenvalue weighted by Gasteiger charge is 2.12. The second-order valence-corrected chi connectivity index (χ2v) is 4.83. The van der Waals surface area contributed by atoms with Crippen LogP contribution in [0.2, 0.25) is 0 Å². The average molecular weight is 303 g/mol. The number of ether oxygens (including phenoxy) is 1. The van der Waals surface area contributed by atoms with Crippen LogP contribution in [-0.4, -0.2) is 16.9 Å². The number of halogens is 1. The van der Waals surface area contributed by atoms with Crippen LogP contribution in [0.3, 0.4) is 0 Å². The van der Waals surface area contributed by atoms with Crippen molar-refractivity contribution in [2.24, 2.45) is 5.73 Å². The predicted molar refractivity (Wildman–Crippen MR) is 82.2 cm³/mol. The van der Waals surface area contributed by atoms with Crippen molar-refractivity contribution in [3.8, 4) is 11.6 Å². The molecule has 0 spiro atoms. The molecule has 1 aromatic carbocycles. The highest BCUT2D eigenvalue weighted by Crippen LogP contribution is 2.20. The van der Waals surface area contributed by atoms with Crippen molar-refractivity contribution in [2.75, 3.05) is 5.32 Å². The van der Waals surface area contributed by atoms with Gasteiger partial charge in [-0.15, -0.1) is 0 Å². The van der Waals surface area contributed by atoms with Crippen molar-refractivity contribution in [3.05, 3.63) is 48.4 Å². The Hall–Kier alpha value is -2.47. The van der Waals surface area contributed by atoms with Crippen molar-refractivity contribution in [1.29, 1.82) is 0 Å². The SMILES string of the molecule is CCCC(N)C(=O)Nc1ccc(Oc2ccc(F)cc2)nc1. The largest absolute Gasteiger partial charge is 0.439 e. The smallest absolute Gasteiger partial charge is 0.241 e. The summed E-state index contributed by atoms with van der Waals surface area (Å²) in [7, 11) is 0. The van der Waals surface area contributed by atoms with E-state index in [1.807, 2.05) is 6.92 Å². The Kier molecular flexibility index (Phi) is 5.43. The highest BCUT2D eigenvalue weighted by atomic mass is 19.1. The van der Waals surface area contributed by atoms with Crippen LogP contribution in [0.25, 0.3) is 0 Å². The summed E-state index contributed by atoms with van der Waals surface area (Å²) in [5.41, 5.74) is 6.28. The molecule has 3 N–H and O–H groups in total. The van der Waals surface area contributed by atoms with E-state index in [2.05, 4.69) is 10.3 Å².